The smallest absolute Gasteiger partial charge is 0.287 e. The molecule has 6 heteroatoms. The molecule has 0 bridgehead atoms. The molecule has 1 aromatic heterocycles. The van der Waals surface area contributed by atoms with Crippen LogP contribution in [0.5, 0.6) is 0 Å². The van der Waals surface area contributed by atoms with Crippen LogP contribution in [0.3, 0.4) is 0 Å². The van der Waals surface area contributed by atoms with Gasteiger partial charge < -0.3 is 5.32 Å². The zero-order chi connectivity index (χ0) is 15.4. The molecule has 4 nitrogen and oxygen atoms in total. The fraction of sp³-hybridized carbons (Fsp3) is 0.333. The Hall–Kier alpha value is -1.52. The average Bonchev–Trinajstić information content (AvgIpc) is 2.44. The molecule has 0 atom stereocenters. The number of rotatable bonds is 5. The molecule has 2 aromatic rings. The van der Waals surface area contributed by atoms with E-state index in [1.807, 2.05) is 38.1 Å². The Morgan fingerprint density at radius 2 is 2.00 bits per heavy atom. The second-order valence-electron chi connectivity index (χ2n) is 5.20. The number of benzene rings is 1. The maximum atomic E-state index is 12.1. The summed E-state index contributed by atoms with van der Waals surface area (Å²) in [6.07, 6.45) is 1.57. The zero-order valence-electron chi connectivity index (χ0n) is 11.9. The van der Waals surface area contributed by atoms with E-state index in [1.165, 1.54) is 4.68 Å². The summed E-state index contributed by atoms with van der Waals surface area (Å²) in [7, 11) is 0. The Morgan fingerprint density at radius 1 is 1.29 bits per heavy atom. The lowest BCUT2D eigenvalue weighted by molar-refractivity contribution is 0.464. The standard InChI is InChI=1S/C15H17Cl2N3O/c1-10(2)9-20-15(21)14(17)13(8-19-20)18-7-11-5-3-4-6-12(11)16/h3-6,8,10,18H,7,9H2,1-2H3. The van der Waals surface area contributed by atoms with Crippen LogP contribution in [-0.4, -0.2) is 9.78 Å². The van der Waals surface area contributed by atoms with Crippen LogP contribution < -0.4 is 10.9 Å². The van der Waals surface area contributed by atoms with Crippen molar-refractivity contribution < 1.29 is 0 Å². The van der Waals surface area contributed by atoms with Crippen molar-refractivity contribution in [2.75, 3.05) is 5.32 Å². The molecule has 0 saturated carbocycles. The van der Waals surface area contributed by atoms with Crippen LogP contribution in [0.2, 0.25) is 10.0 Å². The van der Waals surface area contributed by atoms with Gasteiger partial charge in [-0.1, -0.05) is 55.2 Å². The highest BCUT2D eigenvalue weighted by molar-refractivity contribution is 6.33. The second kappa shape index (κ2) is 6.96. The van der Waals surface area contributed by atoms with E-state index in [1.54, 1.807) is 6.20 Å². The number of hydrogen-bond acceptors (Lipinski definition) is 3. The summed E-state index contributed by atoms with van der Waals surface area (Å²) in [6, 6.07) is 7.51. The van der Waals surface area contributed by atoms with Crippen molar-refractivity contribution in [3.05, 3.63) is 56.4 Å². The van der Waals surface area contributed by atoms with E-state index in [2.05, 4.69) is 10.4 Å². The van der Waals surface area contributed by atoms with Crippen molar-refractivity contribution in [3.8, 4) is 0 Å². The molecule has 112 valence electrons. The van der Waals surface area contributed by atoms with Crippen LogP contribution in [0.1, 0.15) is 19.4 Å². The van der Waals surface area contributed by atoms with Gasteiger partial charge in [0.05, 0.1) is 11.9 Å². The molecular formula is C15H17Cl2N3O. The van der Waals surface area contributed by atoms with Gasteiger partial charge in [-0.2, -0.15) is 5.10 Å². The fourth-order valence-electron chi connectivity index (χ4n) is 1.90. The van der Waals surface area contributed by atoms with E-state index in [-0.39, 0.29) is 10.6 Å². The lowest BCUT2D eigenvalue weighted by atomic mass is 10.2. The second-order valence-corrected chi connectivity index (χ2v) is 5.98. The summed E-state index contributed by atoms with van der Waals surface area (Å²) in [5.41, 5.74) is 1.16. The third kappa shape index (κ3) is 3.99. The lowest BCUT2D eigenvalue weighted by Gasteiger charge is -2.12. The molecule has 0 aliphatic rings. The maximum Gasteiger partial charge on any atom is 0.287 e. The molecule has 21 heavy (non-hydrogen) atoms. The molecule has 2 rings (SSSR count). The van der Waals surface area contributed by atoms with E-state index >= 15 is 0 Å². The average molecular weight is 326 g/mol. The first-order valence-electron chi connectivity index (χ1n) is 6.72. The first-order valence-corrected chi connectivity index (χ1v) is 7.47. The molecule has 0 saturated heterocycles. The molecule has 0 fully saturated rings. The summed E-state index contributed by atoms with van der Waals surface area (Å²) in [4.78, 5) is 12.1. The van der Waals surface area contributed by atoms with Gasteiger partial charge in [-0.3, -0.25) is 4.79 Å². The first-order chi connectivity index (χ1) is 9.99. The summed E-state index contributed by atoms with van der Waals surface area (Å²) >= 11 is 12.2. The summed E-state index contributed by atoms with van der Waals surface area (Å²) < 4.78 is 1.38. The monoisotopic (exact) mass is 325 g/mol. The van der Waals surface area contributed by atoms with E-state index in [0.717, 1.165) is 5.56 Å². The molecule has 1 N–H and O–H groups in total. The molecular weight excluding hydrogens is 309 g/mol. The minimum Gasteiger partial charge on any atom is -0.378 e. The molecule has 1 heterocycles. The minimum atomic E-state index is -0.283. The number of nitrogens with zero attached hydrogens (tertiary/aromatic N) is 2. The van der Waals surface area contributed by atoms with E-state index in [4.69, 9.17) is 23.2 Å². The van der Waals surface area contributed by atoms with Gasteiger partial charge in [-0.15, -0.1) is 0 Å². The van der Waals surface area contributed by atoms with Crippen LogP contribution in [0, 0.1) is 5.92 Å². The van der Waals surface area contributed by atoms with Gasteiger partial charge in [0.25, 0.3) is 5.56 Å². The first kappa shape index (κ1) is 15.9. The Kier molecular flexibility index (Phi) is 5.26. The third-order valence-electron chi connectivity index (χ3n) is 2.95. The van der Waals surface area contributed by atoms with Crippen molar-refractivity contribution >= 4 is 28.9 Å². The molecule has 0 amide bonds. The molecule has 0 unspecified atom stereocenters. The van der Waals surface area contributed by atoms with Crippen LogP contribution in [0.25, 0.3) is 0 Å². The van der Waals surface area contributed by atoms with Crippen LogP contribution in [-0.2, 0) is 13.1 Å². The highest BCUT2D eigenvalue weighted by Gasteiger charge is 2.10. The molecule has 1 aromatic carbocycles. The van der Waals surface area contributed by atoms with E-state index < -0.39 is 0 Å². The molecule has 0 radical (unpaired) electrons. The number of nitrogens with one attached hydrogen (secondary N) is 1. The molecule has 0 aliphatic heterocycles. The zero-order valence-corrected chi connectivity index (χ0v) is 13.4. The largest absolute Gasteiger partial charge is 0.378 e. The highest BCUT2D eigenvalue weighted by Crippen LogP contribution is 2.20. The summed E-state index contributed by atoms with van der Waals surface area (Å²) in [6.45, 7) is 5.06. The Labute approximate surface area is 133 Å². The van der Waals surface area contributed by atoms with Gasteiger partial charge in [0, 0.05) is 18.1 Å². The predicted octanol–water partition coefficient (Wildman–Crippen LogP) is 3.82. The minimum absolute atomic E-state index is 0.151. The highest BCUT2D eigenvalue weighted by atomic mass is 35.5. The maximum absolute atomic E-state index is 12.1. The topological polar surface area (TPSA) is 46.9 Å². The van der Waals surface area contributed by atoms with Crippen LogP contribution in [0.4, 0.5) is 5.69 Å². The van der Waals surface area contributed by atoms with Gasteiger partial charge in [0.15, 0.2) is 0 Å². The van der Waals surface area contributed by atoms with Gasteiger partial charge in [0.2, 0.25) is 0 Å². The van der Waals surface area contributed by atoms with Gasteiger partial charge in [-0.05, 0) is 17.5 Å². The molecule has 0 aliphatic carbocycles. The summed E-state index contributed by atoms with van der Waals surface area (Å²) in [5, 5.41) is 8.06. The predicted molar refractivity (Wildman–Crippen MR) is 87.1 cm³/mol. The van der Waals surface area contributed by atoms with Gasteiger partial charge in [0.1, 0.15) is 5.02 Å². The fourth-order valence-corrected chi connectivity index (χ4v) is 2.31. The lowest BCUT2D eigenvalue weighted by Crippen LogP contribution is -2.26. The van der Waals surface area contributed by atoms with Crippen molar-refractivity contribution in [2.45, 2.75) is 26.9 Å². The van der Waals surface area contributed by atoms with Gasteiger partial charge >= 0.3 is 0 Å². The number of halogens is 2. The van der Waals surface area contributed by atoms with E-state index in [0.29, 0.717) is 29.7 Å². The van der Waals surface area contributed by atoms with Gasteiger partial charge in [-0.25, -0.2) is 4.68 Å². The van der Waals surface area contributed by atoms with Crippen molar-refractivity contribution in [3.63, 3.8) is 0 Å². The van der Waals surface area contributed by atoms with Crippen molar-refractivity contribution in [2.24, 2.45) is 5.92 Å². The third-order valence-corrected chi connectivity index (χ3v) is 3.68. The van der Waals surface area contributed by atoms with E-state index in [9.17, 15) is 4.79 Å². The number of anilines is 1. The quantitative estimate of drug-likeness (QED) is 0.909. The Bertz CT molecular complexity index is 683. The summed E-state index contributed by atoms with van der Waals surface area (Å²) in [5.74, 6) is 0.327. The number of hydrogen-bond donors (Lipinski definition) is 1. The Balaban J connectivity index is 2.17. The SMILES string of the molecule is CC(C)Cn1ncc(NCc2ccccc2Cl)c(Cl)c1=O. The van der Waals surface area contributed by atoms with Crippen molar-refractivity contribution in [1.82, 2.24) is 9.78 Å². The normalized spacial score (nSPS) is 10.9. The van der Waals surface area contributed by atoms with Crippen LogP contribution in [0.15, 0.2) is 35.3 Å². The van der Waals surface area contributed by atoms with Crippen molar-refractivity contribution in [1.29, 1.82) is 0 Å². The Morgan fingerprint density at radius 3 is 2.67 bits per heavy atom. The molecule has 0 spiro atoms. The van der Waals surface area contributed by atoms with Crippen LogP contribution >= 0.6 is 23.2 Å². The number of aromatic nitrogens is 2.